The molecule has 0 bridgehead atoms. The van der Waals surface area contributed by atoms with Crippen molar-refractivity contribution in [2.24, 2.45) is 0 Å². The molecular formula is C14H10O5. The van der Waals surface area contributed by atoms with Gasteiger partial charge in [-0.05, 0) is 12.1 Å². The van der Waals surface area contributed by atoms with Crippen LogP contribution in [0.3, 0.4) is 0 Å². The number of aliphatic carboxylic acids is 1. The van der Waals surface area contributed by atoms with Crippen molar-refractivity contribution >= 4 is 11.8 Å². The monoisotopic (exact) mass is 258 g/mol. The zero-order valence-corrected chi connectivity index (χ0v) is 9.84. The van der Waals surface area contributed by atoms with Gasteiger partial charge in [-0.3, -0.25) is 9.59 Å². The zero-order chi connectivity index (χ0) is 13.6. The normalized spacial score (nSPS) is 12.9. The number of hydrogen-bond donors (Lipinski definition) is 2. The number of carbonyl (C=O) groups is 2. The highest BCUT2D eigenvalue weighted by atomic mass is 16.4. The fourth-order valence-corrected chi connectivity index (χ4v) is 2.37. The number of aromatic hydroxyl groups is 1. The van der Waals surface area contributed by atoms with Crippen molar-refractivity contribution in [3.8, 4) is 17.1 Å². The number of phenols is 1. The second-order valence-electron chi connectivity index (χ2n) is 4.44. The molecule has 1 aromatic heterocycles. The second-order valence-corrected chi connectivity index (χ2v) is 4.44. The number of benzene rings is 1. The van der Waals surface area contributed by atoms with Gasteiger partial charge in [-0.15, -0.1) is 0 Å². The Hall–Kier alpha value is -2.56. The van der Waals surface area contributed by atoms with Crippen LogP contribution in [0.1, 0.15) is 21.7 Å². The van der Waals surface area contributed by atoms with Crippen LogP contribution in [0.4, 0.5) is 0 Å². The minimum absolute atomic E-state index is 0.0793. The molecule has 5 nitrogen and oxygen atoms in total. The van der Waals surface area contributed by atoms with Gasteiger partial charge in [0.15, 0.2) is 5.78 Å². The number of Topliss-reactive ketones (excluding diaryl/α,β-unsaturated/α-hetero) is 1. The number of furan rings is 1. The van der Waals surface area contributed by atoms with E-state index >= 15 is 0 Å². The summed E-state index contributed by atoms with van der Waals surface area (Å²) in [7, 11) is 0. The van der Waals surface area contributed by atoms with Gasteiger partial charge in [0.05, 0.1) is 5.56 Å². The standard InChI is InChI=1S/C14H10O5/c15-10-3-1-2-9-13(10)11(16)5-7-4-8(6-12(17)18)19-14(7)9/h1-4,15H,5-6H2,(H,17,18). The Balaban J connectivity index is 2.16. The Morgan fingerprint density at radius 1 is 1.37 bits per heavy atom. The summed E-state index contributed by atoms with van der Waals surface area (Å²) in [5.74, 6) is -0.482. The highest BCUT2D eigenvalue weighted by molar-refractivity contribution is 6.08. The lowest BCUT2D eigenvalue weighted by molar-refractivity contribution is -0.136. The number of carbonyl (C=O) groups excluding carboxylic acids is 1. The molecule has 0 unspecified atom stereocenters. The first-order chi connectivity index (χ1) is 9.06. The van der Waals surface area contributed by atoms with Crippen molar-refractivity contribution in [1.82, 2.24) is 0 Å². The predicted octanol–water partition coefficient (Wildman–Crippen LogP) is 2.02. The van der Waals surface area contributed by atoms with Gasteiger partial charge in [0.1, 0.15) is 23.7 Å². The van der Waals surface area contributed by atoms with Crippen LogP contribution in [-0.2, 0) is 17.6 Å². The average molecular weight is 258 g/mol. The molecule has 2 N–H and O–H groups in total. The van der Waals surface area contributed by atoms with E-state index in [1.54, 1.807) is 18.2 Å². The maximum Gasteiger partial charge on any atom is 0.311 e. The number of carboxylic acids is 1. The fraction of sp³-hybridized carbons (Fsp3) is 0.143. The van der Waals surface area contributed by atoms with E-state index < -0.39 is 5.97 Å². The van der Waals surface area contributed by atoms with Gasteiger partial charge in [-0.25, -0.2) is 0 Å². The first-order valence-electron chi connectivity index (χ1n) is 5.75. The van der Waals surface area contributed by atoms with Gasteiger partial charge in [0, 0.05) is 17.5 Å². The number of ketones is 1. The third-order valence-electron chi connectivity index (χ3n) is 3.10. The third kappa shape index (κ3) is 1.79. The molecule has 1 aliphatic rings. The van der Waals surface area contributed by atoms with Crippen LogP contribution < -0.4 is 0 Å². The fourth-order valence-electron chi connectivity index (χ4n) is 2.37. The number of rotatable bonds is 2. The molecule has 0 amide bonds. The van der Waals surface area contributed by atoms with Crippen molar-refractivity contribution in [1.29, 1.82) is 0 Å². The van der Waals surface area contributed by atoms with Gasteiger partial charge < -0.3 is 14.6 Å². The molecule has 0 spiro atoms. The van der Waals surface area contributed by atoms with Gasteiger partial charge in [-0.1, -0.05) is 12.1 Å². The van der Waals surface area contributed by atoms with Gasteiger partial charge in [0.2, 0.25) is 0 Å². The van der Waals surface area contributed by atoms with Crippen LogP contribution >= 0.6 is 0 Å². The van der Waals surface area contributed by atoms with Crippen LogP contribution in [0, 0.1) is 0 Å². The summed E-state index contributed by atoms with van der Waals surface area (Å²) in [5, 5.41) is 18.5. The average Bonchev–Trinajstić information content (AvgIpc) is 2.70. The number of carboxylic acid groups (broad SMARTS) is 1. The summed E-state index contributed by atoms with van der Waals surface area (Å²) in [6.07, 6.45) is -0.113. The summed E-state index contributed by atoms with van der Waals surface area (Å²) in [4.78, 5) is 22.7. The molecule has 19 heavy (non-hydrogen) atoms. The van der Waals surface area contributed by atoms with E-state index in [2.05, 4.69) is 0 Å². The van der Waals surface area contributed by atoms with E-state index in [1.165, 1.54) is 6.07 Å². The van der Waals surface area contributed by atoms with Crippen LogP contribution in [-0.4, -0.2) is 22.0 Å². The molecule has 0 radical (unpaired) electrons. The first kappa shape index (κ1) is 11.5. The highest BCUT2D eigenvalue weighted by Crippen LogP contribution is 2.39. The smallest absolute Gasteiger partial charge is 0.311 e. The molecule has 0 fully saturated rings. The molecule has 1 aromatic carbocycles. The lowest BCUT2D eigenvalue weighted by atomic mass is 9.89. The Kier molecular flexibility index (Phi) is 2.41. The van der Waals surface area contributed by atoms with Crippen LogP contribution in [0.15, 0.2) is 28.7 Å². The van der Waals surface area contributed by atoms with Crippen molar-refractivity contribution in [3.05, 3.63) is 41.2 Å². The van der Waals surface area contributed by atoms with E-state index in [9.17, 15) is 14.7 Å². The molecule has 2 aromatic rings. The molecule has 0 atom stereocenters. The minimum atomic E-state index is -0.992. The lowest BCUT2D eigenvalue weighted by Crippen LogP contribution is -2.10. The van der Waals surface area contributed by atoms with Crippen molar-refractivity contribution in [3.63, 3.8) is 0 Å². The molecule has 0 aliphatic heterocycles. The Morgan fingerprint density at radius 3 is 2.89 bits per heavy atom. The molecule has 0 saturated heterocycles. The van der Waals surface area contributed by atoms with E-state index in [-0.39, 0.29) is 29.9 Å². The van der Waals surface area contributed by atoms with Crippen LogP contribution in [0.25, 0.3) is 11.3 Å². The van der Waals surface area contributed by atoms with Crippen molar-refractivity contribution in [2.45, 2.75) is 12.8 Å². The number of fused-ring (bicyclic) bond motifs is 3. The summed E-state index contributed by atoms with van der Waals surface area (Å²) in [5.41, 5.74) is 1.42. The predicted molar refractivity (Wildman–Crippen MR) is 65.2 cm³/mol. The van der Waals surface area contributed by atoms with Crippen LogP contribution in [0.2, 0.25) is 0 Å². The van der Waals surface area contributed by atoms with Gasteiger partial charge >= 0.3 is 5.97 Å². The van der Waals surface area contributed by atoms with Crippen LogP contribution in [0.5, 0.6) is 5.75 Å². The second kappa shape index (κ2) is 3.98. The summed E-state index contributed by atoms with van der Waals surface area (Å²) in [6, 6.07) is 6.34. The maximum atomic E-state index is 12.0. The molecule has 96 valence electrons. The summed E-state index contributed by atoms with van der Waals surface area (Å²) in [6.45, 7) is 0. The SMILES string of the molecule is O=C(O)Cc1cc2c(o1)-c1cccc(O)c1C(=O)C2. The van der Waals surface area contributed by atoms with Gasteiger partial charge in [0.25, 0.3) is 0 Å². The minimum Gasteiger partial charge on any atom is -0.507 e. The molecule has 1 aliphatic carbocycles. The Morgan fingerprint density at radius 2 is 2.16 bits per heavy atom. The van der Waals surface area contributed by atoms with Gasteiger partial charge in [-0.2, -0.15) is 0 Å². The van der Waals surface area contributed by atoms with E-state index in [4.69, 9.17) is 9.52 Å². The van der Waals surface area contributed by atoms with E-state index in [0.29, 0.717) is 22.6 Å². The topological polar surface area (TPSA) is 87.7 Å². The Bertz CT molecular complexity index is 696. The molecule has 5 heteroatoms. The quantitative estimate of drug-likeness (QED) is 0.860. The van der Waals surface area contributed by atoms with E-state index in [0.717, 1.165) is 0 Å². The lowest BCUT2D eigenvalue weighted by Gasteiger charge is -2.14. The molecule has 0 saturated carbocycles. The molecule has 1 heterocycles. The summed E-state index contributed by atoms with van der Waals surface area (Å²) >= 11 is 0. The maximum absolute atomic E-state index is 12.0. The van der Waals surface area contributed by atoms with Crippen molar-refractivity contribution in [2.75, 3.05) is 0 Å². The molecular weight excluding hydrogens is 248 g/mol. The first-order valence-corrected chi connectivity index (χ1v) is 5.75. The largest absolute Gasteiger partial charge is 0.507 e. The summed E-state index contributed by atoms with van der Waals surface area (Å²) < 4.78 is 5.50. The Labute approximate surface area is 108 Å². The number of phenolic OH excluding ortho intramolecular Hbond substituents is 1. The highest BCUT2D eigenvalue weighted by Gasteiger charge is 2.28. The zero-order valence-electron chi connectivity index (χ0n) is 9.84. The molecule has 3 rings (SSSR count). The number of hydrogen-bond acceptors (Lipinski definition) is 4. The van der Waals surface area contributed by atoms with E-state index in [1.807, 2.05) is 0 Å². The van der Waals surface area contributed by atoms with Crippen molar-refractivity contribution < 1.29 is 24.2 Å². The third-order valence-corrected chi connectivity index (χ3v) is 3.10.